The lowest BCUT2D eigenvalue weighted by Crippen LogP contribution is -2.32. The number of phenolic OH excluding ortho intramolecular Hbond substituents is 1. The number of hydrogen-bond acceptors (Lipinski definition) is 5. The molecule has 0 spiro atoms. The first-order valence-corrected chi connectivity index (χ1v) is 11.1. The van der Waals surface area contributed by atoms with Crippen LogP contribution < -0.4 is 10.1 Å². The Kier molecular flexibility index (Phi) is 7.17. The van der Waals surface area contributed by atoms with E-state index in [0.717, 1.165) is 5.56 Å². The number of carbonyl (C=O) groups is 1. The summed E-state index contributed by atoms with van der Waals surface area (Å²) in [5.41, 5.74) is 4.42. The summed E-state index contributed by atoms with van der Waals surface area (Å²) in [5, 5.41) is 13.6. The van der Waals surface area contributed by atoms with E-state index in [2.05, 4.69) is 15.2 Å². The number of nitrogens with one attached hydrogen (secondary N) is 2. The zero-order valence-corrected chi connectivity index (χ0v) is 17.7. The van der Waals surface area contributed by atoms with E-state index in [1.807, 2.05) is 13.0 Å². The van der Waals surface area contributed by atoms with Crippen LogP contribution in [-0.4, -0.2) is 25.6 Å². The first-order valence-electron chi connectivity index (χ1n) is 9.59. The lowest BCUT2D eigenvalue weighted by atomic mass is 10.0. The van der Waals surface area contributed by atoms with Crippen LogP contribution in [-0.2, 0) is 14.8 Å². The number of phenols is 1. The van der Waals surface area contributed by atoms with E-state index in [4.69, 9.17) is 0 Å². The quantitative estimate of drug-likeness (QED) is 0.371. The summed E-state index contributed by atoms with van der Waals surface area (Å²) in [6.07, 6.45) is 1.16. The molecule has 0 radical (unpaired) electrons. The van der Waals surface area contributed by atoms with Crippen LogP contribution in [0.1, 0.15) is 29.2 Å². The maximum absolute atomic E-state index is 12.8. The molecular weight excluding hydrogens is 414 g/mol. The third-order valence-corrected chi connectivity index (χ3v) is 6.04. The Morgan fingerprint density at radius 1 is 1.00 bits per heavy atom. The molecule has 31 heavy (non-hydrogen) atoms. The minimum Gasteiger partial charge on any atom is -0.507 e. The summed E-state index contributed by atoms with van der Waals surface area (Å²) in [4.78, 5) is 12.6. The average molecular weight is 438 g/mol. The van der Waals surface area contributed by atoms with Crippen LogP contribution in [0.15, 0.2) is 88.9 Å². The van der Waals surface area contributed by atoms with E-state index in [1.165, 1.54) is 24.4 Å². The van der Waals surface area contributed by atoms with Gasteiger partial charge in [-0.15, -0.1) is 0 Å². The topological polar surface area (TPSA) is 108 Å². The van der Waals surface area contributed by atoms with Gasteiger partial charge in [0.2, 0.25) is 15.9 Å². The number of hydrazone groups is 1. The fraction of sp³-hybridized carbons (Fsp3) is 0.130. The van der Waals surface area contributed by atoms with E-state index in [9.17, 15) is 18.3 Å². The molecule has 1 atom stereocenters. The van der Waals surface area contributed by atoms with Gasteiger partial charge in [0.1, 0.15) is 5.75 Å². The average Bonchev–Trinajstić information content (AvgIpc) is 2.75. The van der Waals surface area contributed by atoms with Crippen LogP contribution in [0.2, 0.25) is 0 Å². The third kappa shape index (κ3) is 6.24. The summed E-state index contributed by atoms with van der Waals surface area (Å²) in [7, 11) is -3.84. The molecule has 0 aliphatic carbocycles. The lowest BCUT2D eigenvalue weighted by Gasteiger charge is -2.18. The largest absolute Gasteiger partial charge is 0.507 e. The number of hydrogen-bond donors (Lipinski definition) is 3. The van der Waals surface area contributed by atoms with E-state index in [1.54, 1.807) is 54.6 Å². The van der Waals surface area contributed by atoms with Crippen LogP contribution in [0.3, 0.4) is 0 Å². The molecule has 0 fully saturated rings. The molecule has 3 aromatic carbocycles. The maximum atomic E-state index is 12.8. The number of benzene rings is 3. The highest BCUT2D eigenvalue weighted by Gasteiger charge is 2.23. The van der Waals surface area contributed by atoms with Gasteiger partial charge in [0.25, 0.3) is 0 Å². The minimum absolute atomic E-state index is 0.0357. The predicted molar refractivity (Wildman–Crippen MR) is 119 cm³/mol. The van der Waals surface area contributed by atoms with Gasteiger partial charge in [-0.2, -0.15) is 5.10 Å². The van der Waals surface area contributed by atoms with Gasteiger partial charge in [0, 0.05) is 12.0 Å². The van der Waals surface area contributed by atoms with Crippen molar-refractivity contribution in [1.29, 1.82) is 0 Å². The molecule has 3 rings (SSSR count). The van der Waals surface area contributed by atoms with Gasteiger partial charge in [-0.05, 0) is 36.8 Å². The second-order valence-electron chi connectivity index (χ2n) is 6.95. The monoisotopic (exact) mass is 437 g/mol. The highest BCUT2D eigenvalue weighted by atomic mass is 32.2. The summed E-state index contributed by atoms with van der Waals surface area (Å²) in [6.45, 7) is 1.87. The van der Waals surface area contributed by atoms with Gasteiger partial charge in [-0.3, -0.25) is 4.79 Å². The highest BCUT2D eigenvalue weighted by Crippen LogP contribution is 2.21. The lowest BCUT2D eigenvalue weighted by molar-refractivity contribution is -0.121. The van der Waals surface area contributed by atoms with Crippen molar-refractivity contribution in [3.63, 3.8) is 0 Å². The highest BCUT2D eigenvalue weighted by molar-refractivity contribution is 7.89. The molecule has 0 aromatic heterocycles. The Hall–Kier alpha value is -3.49. The fourth-order valence-electron chi connectivity index (χ4n) is 2.89. The number of sulfonamides is 1. The van der Waals surface area contributed by atoms with E-state index >= 15 is 0 Å². The Morgan fingerprint density at radius 2 is 1.65 bits per heavy atom. The zero-order chi connectivity index (χ0) is 22.3. The van der Waals surface area contributed by atoms with E-state index in [0.29, 0.717) is 11.1 Å². The normalized spacial score (nSPS) is 12.5. The summed E-state index contributed by atoms with van der Waals surface area (Å²) in [5.74, 6) is -0.444. The van der Waals surface area contributed by atoms with Crippen LogP contribution in [0, 0.1) is 6.92 Å². The van der Waals surface area contributed by atoms with Crippen molar-refractivity contribution in [3.8, 4) is 5.75 Å². The zero-order valence-electron chi connectivity index (χ0n) is 16.9. The number of carbonyl (C=O) groups excluding carboxylic acids is 1. The number of aromatic hydroxyl groups is 1. The molecule has 8 heteroatoms. The van der Waals surface area contributed by atoms with E-state index in [-0.39, 0.29) is 17.1 Å². The van der Waals surface area contributed by atoms with Crippen LogP contribution in [0.25, 0.3) is 0 Å². The van der Waals surface area contributed by atoms with Gasteiger partial charge >= 0.3 is 0 Å². The minimum atomic E-state index is -3.84. The van der Waals surface area contributed by atoms with Gasteiger partial charge in [0.05, 0.1) is 17.2 Å². The summed E-state index contributed by atoms with van der Waals surface area (Å²) in [6, 6.07) is 21.1. The molecule has 0 unspecified atom stereocenters. The number of para-hydroxylation sites is 1. The van der Waals surface area contributed by atoms with Crippen LogP contribution >= 0.6 is 0 Å². The van der Waals surface area contributed by atoms with Gasteiger partial charge < -0.3 is 5.11 Å². The number of nitrogens with zero attached hydrogens (tertiary/aromatic N) is 1. The first kappa shape index (κ1) is 22.2. The van der Waals surface area contributed by atoms with Crippen molar-refractivity contribution < 1.29 is 18.3 Å². The van der Waals surface area contributed by atoms with Gasteiger partial charge in [0.15, 0.2) is 0 Å². The Morgan fingerprint density at radius 3 is 2.32 bits per heavy atom. The van der Waals surface area contributed by atoms with Crippen molar-refractivity contribution in [3.05, 3.63) is 95.6 Å². The van der Waals surface area contributed by atoms with Crippen molar-refractivity contribution in [2.45, 2.75) is 24.3 Å². The predicted octanol–water partition coefficient (Wildman–Crippen LogP) is 3.26. The third-order valence-electron chi connectivity index (χ3n) is 4.55. The fourth-order valence-corrected chi connectivity index (χ4v) is 4.11. The SMILES string of the molecule is Cc1ccc(S(=O)(=O)N[C@@H](CC(=O)N/N=C\c2ccccc2O)c2ccccc2)cc1. The summed E-state index contributed by atoms with van der Waals surface area (Å²) >= 11 is 0. The molecule has 3 aromatic rings. The second kappa shape index (κ2) is 10.0. The Bertz CT molecular complexity index is 1160. The van der Waals surface area contributed by atoms with Crippen molar-refractivity contribution in [2.24, 2.45) is 5.10 Å². The molecule has 0 aliphatic heterocycles. The number of amides is 1. The molecule has 7 nitrogen and oxygen atoms in total. The molecule has 0 heterocycles. The number of rotatable bonds is 8. The molecule has 0 saturated carbocycles. The first-order chi connectivity index (χ1) is 14.8. The van der Waals surface area contributed by atoms with Crippen molar-refractivity contribution in [1.82, 2.24) is 10.1 Å². The standard InChI is InChI=1S/C23H23N3O4S/c1-17-11-13-20(14-12-17)31(29,30)26-21(18-7-3-2-4-8-18)15-23(28)25-24-16-19-9-5-6-10-22(19)27/h2-14,16,21,26-27H,15H2,1H3,(H,25,28)/b24-16-/t21-/m0/s1. The van der Waals surface area contributed by atoms with Crippen LogP contribution in [0.4, 0.5) is 0 Å². The molecule has 0 bridgehead atoms. The van der Waals surface area contributed by atoms with Gasteiger partial charge in [-0.1, -0.05) is 60.2 Å². The van der Waals surface area contributed by atoms with E-state index < -0.39 is 22.0 Å². The molecule has 0 aliphatic rings. The molecule has 3 N–H and O–H groups in total. The molecule has 0 saturated heterocycles. The Labute approximate surface area is 181 Å². The molecule has 160 valence electrons. The second-order valence-corrected chi connectivity index (χ2v) is 8.67. The van der Waals surface area contributed by atoms with Gasteiger partial charge in [-0.25, -0.2) is 18.6 Å². The number of aryl methyl sites for hydroxylation is 1. The van der Waals surface area contributed by atoms with Crippen molar-refractivity contribution in [2.75, 3.05) is 0 Å². The van der Waals surface area contributed by atoms with Crippen molar-refractivity contribution >= 4 is 22.1 Å². The summed E-state index contributed by atoms with van der Waals surface area (Å²) < 4.78 is 28.3. The maximum Gasteiger partial charge on any atom is 0.242 e. The molecular formula is C23H23N3O4S. The van der Waals surface area contributed by atoms with Crippen LogP contribution in [0.5, 0.6) is 5.75 Å². The smallest absolute Gasteiger partial charge is 0.242 e. The Balaban J connectivity index is 1.74. The molecule has 1 amide bonds.